The predicted molar refractivity (Wildman–Crippen MR) is 58.7 cm³/mol. The summed E-state index contributed by atoms with van der Waals surface area (Å²) in [6.07, 6.45) is 1.09. The summed E-state index contributed by atoms with van der Waals surface area (Å²) in [5.41, 5.74) is 6.79. The minimum absolute atomic E-state index is 0.340. The zero-order chi connectivity index (χ0) is 11.0. The normalized spacial score (nSPS) is 23.3. The highest BCUT2D eigenvalue weighted by Gasteiger charge is 2.43. The van der Waals surface area contributed by atoms with Gasteiger partial charge in [0, 0.05) is 5.92 Å². The van der Waals surface area contributed by atoms with Crippen LogP contribution in [0.25, 0.3) is 0 Å². The van der Waals surface area contributed by atoms with E-state index in [2.05, 4.69) is 34.4 Å². The molecular weight excluding hydrogens is 202 g/mol. The molecule has 0 spiro atoms. The second-order valence-corrected chi connectivity index (χ2v) is 4.11. The maximum absolute atomic E-state index is 5.44. The van der Waals surface area contributed by atoms with Gasteiger partial charge in [-0.2, -0.15) is 4.98 Å². The Labute approximate surface area is 93.5 Å². The van der Waals surface area contributed by atoms with Gasteiger partial charge in [-0.1, -0.05) is 35.5 Å². The Morgan fingerprint density at radius 3 is 2.75 bits per heavy atom. The van der Waals surface area contributed by atoms with Gasteiger partial charge in [-0.3, -0.25) is 0 Å². The fourth-order valence-corrected chi connectivity index (χ4v) is 2.04. The molecule has 1 saturated carbocycles. The van der Waals surface area contributed by atoms with Gasteiger partial charge >= 0.3 is 0 Å². The molecule has 0 saturated heterocycles. The first-order chi connectivity index (χ1) is 7.88. The van der Waals surface area contributed by atoms with E-state index in [4.69, 9.17) is 10.3 Å². The third kappa shape index (κ3) is 1.61. The molecule has 1 aliphatic rings. The van der Waals surface area contributed by atoms with Crippen LogP contribution in [0.1, 0.15) is 35.5 Å². The number of hydrogen-bond donors (Lipinski definition) is 1. The molecule has 3 rings (SSSR count). The first-order valence-corrected chi connectivity index (χ1v) is 5.46. The van der Waals surface area contributed by atoms with Crippen molar-refractivity contribution in [1.29, 1.82) is 0 Å². The molecule has 0 aliphatic heterocycles. The molecule has 2 unspecified atom stereocenters. The van der Waals surface area contributed by atoms with Crippen LogP contribution in [-0.2, 0) is 6.54 Å². The fourth-order valence-electron chi connectivity index (χ4n) is 2.04. The average Bonchev–Trinajstić information content (AvgIpc) is 3.01. The Kier molecular flexibility index (Phi) is 2.22. The lowest BCUT2D eigenvalue weighted by Crippen LogP contribution is -1.98. The zero-order valence-corrected chi connectivity index (χ0v) is 8.84. The van der Waals surface area contributed by atoms with E-state index in [0.29, 0.717) is 24.2 Å². The number of rotatable bonds is 3. The van der Waals surface area contributed by atoms with Crippen molar-refractivity contribution >= 4 is 0 Å². The van der Waals surface area contributed by atoms with Crippen LogP contribution in [0.2, 0.25) is 0 Å². The van der Waals surface area contributed by atoms with Crippen LogP contribution >= 0.6 is 0 Å². The molecule has 0 amide bonds. The van der Waals surface area contributed by atoms with Crippen LogP contribution in [0.3, 0.4) is 0 Å². The van der Waals surface area contributed by atoms with Crippen molar-refractivity contribution in [2.24, 2.45) is 5.73 Å². The van der Waals surface area contributed by atoms with Gasteiger partial charge < -0.3 is 10.3 Å². The van der Waals surface area contributed by atoms with E-state index in [1.54, 1.807) is 0 Å². The Bertz CT molecular complexity index is 480. The summed E-state index contributed by atoms with van der Waals surface area (Å²) in [5, 5.41) is 3.81. The summed E-state index contributed by atoms with van der Waals surface area (Å²) in [6, 6.07) is 10.4. The van der Waals surface area contributed by atoms with Crippen molar-refractivity contribution in [3.05, 3.63) is 47.6 Å². The first-order valence-electron chi connectivity index (χ1n) is 5.46. The summed E-state index contributed by atoms with van der Waals surface area (Å²) in [6.45, 7) is 0.340. The third-order valence-corrected chi connectivity index (χ3v) is 3.00. The number of benzene rings is 1. The summed E-state index contributed by atoms with van der Waals surface area (Å²) in [5.74, 6) is 2.24. The van der Waals surface area contributed by atoms with Gasteiger partial charge in [0.1, 0.15) is 0 Å². The van der Waals surface area contributed by atoms with E-state index < -0.39 is 0 Å². The van der Waals surface area contributed by atoms with Gasteiger partial charge in [-0.05, 0) is 17.9 Å². The molecule has 1 aromatic heterocycles. The molecule has 1 heterocycles. The van der Waals surface area contributed by atoms with Gasteiger partial charge in [0.15, 0.2) is 5.82 Å². The standard InChI is InChI=1S/C12H13N3O/c13-7-11-14-12(16-15-11)10-6-9(10)8-4-2-1-3-5-8/h1-5,9-10H,6-7,13H2. The maximum Gasteiger partial charge on any atom is 0.230 e. The smallest absolute Gasteiger partial charge is 0.230 e. The molecule has 2 N–H and O–H groups in total. The third-order valence-electron chi connectivity index (χ3n) is 3.00. The van der Waals surface area contributed by atoms with Crippen LogP contribution in [0, 0.1) is 0 Å². The Hall–Kier alpha value is -1.68. The maximum atomic E-state index is 5.44. The average molecular weight is 215 g/mol. The highest BCUT2D eigenvalue weighted by Crippen LogP contribution is 2.53. The highest BCUT2D eigenvalue weighted by molar-refractivity contribution is 5.30. The first kappa shape index (κ1) is 9.54. The Balaban J connectivity index is 1.76. The lowest BCUT2D eigenvalue weighted by atomic mass is 10.1. The molecule has 4 heteroatoms. The van der Waals surface area contributed by atoms with E-state index in [-0.39, 0.29) is 0 Å². The topological polar surface area (TPSA) is 64.9 Å². The van der Waals surface area contributed by atoms with E-state index in [0.717, 1.165) is 12.3 Å². The molecule has 1 fully saturated rings. The second kappa shape index (κ2) is 3.72. The van der Waals surface area contributed by atoms with Crippen LogP contribution in [-0.4, -0.2) is 10.1 Å². The Morgan fingerprint density at radius 1 is 1.25 bits per heavy atom. The summed E-state index contributed by atoms with van der Waals surface area (Å²) < 4.78 is 5.19. The van der Waals surface area contributed by atoms with E-state index in [1.165, 1.54) is 5.56 Å². The van der Waals surface area contributed by atoms with Crippen molar-refractivity contribution in [1.82, 2.24) is 10.1 Å². The number of hydrogen-bond acceptors (Lipinski definition) is 4. The van der Waals surface area contributed by atoms with Crippen molar-refractivity contribution in [3.63, 3.8) is 0 Å². The van der Waals surface area contributed by atoms with Gasteiger partial charge in [0.05, 0.1) is 6.54 Å². The molecule has 4 nitrogen and oxygen atoms in total. The van der Waals surface area contributed by atoms with Crippen LogP contribution in [0.5, 0.6) is 0 Å². The van der Waals surface area contributed by atoms with Crippen LogP contribution in [0.15, 0.2) is 34.9 Å². The molecule has 2 aromatic rings. The second-order valence-electron chi connectivity index (χ2n) is 4.11. The number of aromatic nitrogens is 2. The van der Waals surface area contributed by atoms with Crippen molar-refractivity contribution in [2.45, 2.75) is 24.8 Å². The molecule has 1 aliphatic carbocycles. The lowest BCUT2D eigenvalue weighted by molar-refractivity contribution is 0.373. The molecule has 2 atom stereocenters. The monoisotopic (exact) mass is 215 g/mol. The lowest BCUT2D eigenvalue weighted by Gasteiger charge is -1.96. The van der Waals surface area contributed by atoms with Crippen molar-refractivity contribution in [3.8, 4) is 0 Å². The largest absolute Gasteiger partial charge is 0.339 e. The molecule has 0 bridgehead atoms. The molecule has 1 aromatic carbocycles. The number of nitrogens with zero attached hydrogens (tertiary/aromatic N) is 2. The molecule has 16 heavy (non-hydrogen) atoms. The molecule has 82 valence electrons. The van der Waals surface area contributed by atoms with E-state index >= 15 is 0 Å². The molecule has 0 radical (unpaired) electrons. The Morgan fingerprint density at radius 2 is 2.06 bits per heavy atom. The van der Waals surface area contributed by atoms with Crippen LogP contribution in [0.4, 0.5) is 0 Å². The minimum Gasteiger partial charge on any atom is -0.339 e. The summed E-state index contributed by atoms with van der Waals surface area (Å²) in [4.78, 5) is 4.26. The predicted octanol–water partition coefficient (Wildman–Crippen LogP) is 1.80. The van der Waals surface area contributed by atoms with E-state index in [9.17, 15) is 0 Å². The van der Waals surface area contributed by atoms with Crippen LogP contribution < -0.4 is 5.73 Å². The zero-order valence-electron chi connectivity index (χ0n) is 8.84. The minimum atomic E-state index is 0.340. The van der Waals surface area contributed by atoms with Gasteiger partial charge in [-0.15, -0.1) is 0 Å². The molecular formula is C12H13N3O. The summed E-state index contributed by atoms with van der Waals surface area (Å²) in [7, 11) is 0. The van der Waals surface area contributed by atoms with Gasteiger partial charge in [0.2, 0.25) is 5.89 Å². The van der Waals surface area contributed by atoms with Crippen molar-refractivity contribution in [2.75, 3.05) is 0 Å². The number of nitrogens with two attached hydrogens (primary N) is 1. The van der Waals surface area contributed by atoms with E-state index in [1.807, 2.05) is 6.07 Å². The summed E-state index contributed by atoms with van der Waals surface area (Å²) >= 11 is 0. The SMILES string of the molecule is NCc1noc(C2CC2c2ccccc2)n1. The fraction of sp³-hybridized carbons (Fsp3) is 0.333. The van der Waals surface area contributed by atoms with Gasteiger partial charge in [-0.25, -0.2) is 0 Å². The quantitative estimate of drug-likeness (QED) is 0.847. The van der Waals surface area contributed by atoms with Gasteiger partial charge in [0.25, 0.3) is 0 Å². The highest BCUT2D eigenvalue weighted by atomic mass is 16.5. The van der Waals surface area contributed by atoms with Crippen molar-refractivity contribution < 1.29 is 4.52 Å².